The molecule has 1 aromatic carbocycles. The maximum Gasteiger partial charge on any atom is 0.233 e. The maximum atomic E-state index is 5.71. The Labute approximate surface area is 126 Å². The van der Waals surface area contributed by atoms with E-state index in [4.69, 9.17) is 5.73 Å². The Balaban J connectivity index is 2.34. The van der Waals surface area contributed by atoms with Gasteiger partial charge in [0.25, 0.3) is 0 Å². The molecule has 0 radical (unpaired) electrons. The van der Waals surface area contributed by atoms with E-state index in [0.29, 0.717) is 11.9 Å². The number of halogens is 1. The third-order valence-electron chi connectivity index (χ3n) is 2.74. The molecule has 0 fully saturated rings. The predicted octanol–water partition coefficient (Wildman–Crippen LogP) is 2.59. The van der Waals surface area contributed by atoms with Gasteiger partial charge in [-0.2, -0.15) is 15.0 Å². The Bertz CT molecular complexity index is 614. The summed E-state index contributed by atoms with van der Waals surface area (Å²) in [6.07, 6.45) is 0.906. The van der Waals surface area contributed by atoms with E-state index >= 15 is 0 Å². The molecule has 20 heavy (non-hydrogen) atoms. The molecule has 0 atom stereocenters. The lowest BCUT2D eigenvalue weighted by Gasteiger charge is -2.14. The number of anilines is 4. The average molecular weight is 337 g/mol. The third kappa shape index (κ3) is 3.36. The van der Waals surface area contributed by atoms with E-state index in [2.05, 4.69) is 49.2 Å². The molecule has 2 rings (SSSR count). The Morgan fingerprint density at radius 3 is 2.65 bits per heavy atom. The average Bonchev–Trinajstić information content (AvgIpc) is 2.40. The van der Waals surface area contributed by atoms with E-state index in [9.17, 15) is 0 Å². The zero-order valence-electron chi connectivity index (χ0n) is 11.7. The highest BCUT2D eigenvalue weighted by Gasteiger charge is 2.08. The number of nitrogens with two attached hydrogens (primary N) is 1. The zero-order valence-corrected chi connectivity index (χ0v) is 13.3. The molecule has 0 bridgehead atoms. The van der Waals surface area contributed by atoms with Gasteiger partial charge in [-0.05, 0) is 30.2 Å². The molecule has 0 unspecified atom stereocenters. The van der Waals surface area contributed by atoms with E-state index in [0.717, 1.165) is 16.6 Å². The van der Waals surface area contributed by atoms with E-state index in [1.165, 1.54) is 5.56 Å². The van der Waals surface area contributed by atoms with Crippen LogP contribution in [0.4, 0.5) is 23.5 Å². The van der Waals surface area contributed by atoms with Crippen LogP contribution in [-0.2, 0) is 6.42 Å². The number of nitrogens with zero attached hydrogens (tertiary/aromatic N) is 4. The molecule has 2 aromatic rings. The number of hydrogen-bond donors (Lipinski definition) is 2. The van der Waals surface area contributed by atoms with Crippen LogP contribution in [-0.4, -0.2) is 29.0 Å². The molecule has 1 aromatic heterocycles. The van der Waals surface area contributed by atoms with Crippen molar-refractivity contribution in [2.75, 3.05) is 30.0 Å². The van der Waals surface area contributed by atoms with Gasteiger partial charge in [0.05, 0.1) is 0 Å². The summed E-state index contributed by atoms with van der Waals surface area (Å²) < 4.78 is 1.05. The van der Waals surface area contributed by atoms with Crippen molar-refractivity contribution in [3.8, 4) is 0 Å². The minimum atomic E-state index is 0.196. The van der Waals surface area contributed by atoms with Crippen molar-refractivity contribution in [1.82, 2.24) is 15.0 Å². The summed E-state index contributed by atoms with van der Waals surface area (Å²) in [5.41, 5.74) is 7.84. The standard InChI is InChI=1S/C13H17BrN6/c1-4-8-7-9(14)5-6-10(8)16-12-17-11(15)18-13(19-12)20(2)3/h5-7H,4H2,1-3H3,(H3,15,16,17,18,19). The number of hydrogen-bond acceptors (Lipinski definition) is 6. The molecular weight excluding hydrogens is 320 g/mol. The summed E-state index contributed by atoms with van der Waals surface area (Å²) >= 11 is 3.47. The summed E-state index contributed by atoms with van der Waals surface area (Å²) in [4.78, 5) is 14.3. The molecular formula is C13H17BrN6. The van der Waals surface area contributed by atoms with Crippen LogP contribution in [0.5, 0.6) is 0 Å². The molecule has 106 valence electrons. The van der Waals surface area contributed by atoms with Gasteiger partial charge in [0.15, 0.2) is 0 Å². The van der Waals surface area contributed by atoms with Gasteiger partial charge in [-0.1, -0.05) is 22.9 Å². The van der Waals surface area contributed by atoms with Crippen molar-refractivity contribution in [2.24, 2.45) is 0 Å². The van der Waals surface area contributed by atoms with Crippen LogP contribution in [0.25, 0.3) is 0 Å². The Kier molecular flexibility index (Phi) is 4.39. The van der Waals surface area contributed by atoms with Gasteiger partial charge >= 0.3 is 0 Å². The maximum absolute atomic E-state index is 5.71. The van der Waals surface area contributed by atoms with E-state index in [1.54, 1.807) is 4.90 Å². The summed E-state index contributed by atoms with van der Waals surface area (Å²) in [6, 6.07) is 6.02. The number of rotatable bonds is 4. The van der Waals surface area contributed by atoms with E-state index in [-0.39, 0.29) is 5.95 Å². The van der Waals surface area contributed by atoms with Crippen molar-refractivity contribution < 1.29 is 0 Å². The fourth-order valence-corrected chi connectivity index (χ4v) is 2.14. The highest BCUT2D eigenvalue weighted by atomic mass is 79.9. The van der Waals surface area contributed by atoms with Crippen LogP contribution in [0, 0.1) is 0 Å². The SMILES string of the molecule is CCc1cc(Br)ccc1Nc1nc(N)nc(N(C)C)n1. The fourth-order valence-electron chi connectivity index (χ4n) is 1.73. The zero-order chi connectivity index (χ0) is 14.7. The molecule has 1 heterocycles. The Morgan fingerprint density at radius 1 is 1.25 bits per heavy atom. The van der Waals surface area contributed by atoms with Crippen LogP contribution < -0.4 is 16.0 Å². The first-order valence-corrected chi connectivity index (χ1v) is 7.03. The Morgan fingerprint density at radius 2 is 2.00 bits per heavy atom. The Hall–Kier alpha value is -1.89. The lowest BCUT2D eigenvalue weighted by molar-refractivity contribution is 0.968. The second-order valence-electron chi connectivity index (χ2n) is 4.49. The number of nitrogen functional groups attached to an aromatic ring is 1. The number of benzene rings is 1. The van der Waals surface area contributed by atoms with Gasteiger partial charge in [-0.25, -0.2) is 0 Å². The summed E-state index contributed by atoms with van der Waals surface area (Å²) in [5, 5.41) is 3.20. The first-order chi connectivity index (χ1) is 9.49. The van der Waals surface area contributed by atoms with Crippen LogP contribution in [0.15, 0.2) is 22.7 Å². The molecule has 0 aliphatic heterocycles. The lowest BCUT2D eigenvalue weighted by Crippen LogP contribution is -2.15. The third-order valence-corrected chi connectivity index (χ3v) is 3.23. The lowest BCUT2D eigenvalue weighted by atomic mass is 10.1. The van der Waals surface area contributed by atoms with Crippen LogP contribution >= 0.6 is 15.9 Å². The van der Waals surface area contributed by atoms with Gasteiger partial charge < -0.3 is 16.0 Å². The largest absolute Gasteiger partial charge is 0.368 e. The monoisotopic (exact) mass is 336 g/mol. The second-order valence-corrected chi connectivity index (χ2v) is 5.41. The first kappa shape index (κ1) is 14.5. The number of aromatic nitrogens is 3. The van der Waals surface area contributed by atoms with Crippen molar-refractivity contribution in [1.29, 1.82) is 0 Å². The van der Waals surface area contributed by atoms with E-state index < -0.39 is 0 Å². The van der Waals surface area contributed by atoms with Gasteiger partial charge in [-0.15, -0.1) is 0 Å². The fraction of sp³-hybridized carbons (Fsp3) is 0.308. The molecule has 0 saturated heterocycles. The molecule has 7 heteroatoms. The molecule has 0 saturated carbocycles. The highest BCUT2D eigenvalue weighted by molar-refractivity contribution is 9.10. The van der Waals surface area contributed by atoms with Crippen molar-refractivity contribution >= 4 is 39.5 Å². The number of nitrogens with one attached hydrogen (secondary N) is 1. The molecule has 0 aliphatic carbocycles. The molecule has 0 spiro atoms. The van der Waals surface area contributed by atoms with Crippen molar-refractivity contribution in [2.45, 2.75) is 13.3 Å². The molecule has 6 nitrogen and oxygen atoms in total. The second kappa shape index (κ2) is 6.04. The van der Waals surface area contributed by atoms with Crippen LogP contribution in [0.3, 0.4) is 0 Å². The quantitative estimate of drug-likeness (QED) is 0.893. The summed E-state index contributed by atoms with van der Waals surface area (Å²) in [6.45, 7) is 2.10. The molecule has 0 amide bonds. The number of aryl methyl sites for hydroxylation is 1. The van der Waals surface area contributed by atoms with E-state index in [1.807, 2.05) is 26.2 Å². The highest BCUT2D eigenvalue weighted by Crippen LogP contribution is 2.24. The normalized spacial score (nSPS) is 10.4. The topological polar surface area (TPSA) is 80.0 Å². The molecule has 0 aliphatic rings. The van der Waals surface area contributed by atoms with Gasteiger partial charge in [0, 0.05) is 24.3 Å². The first-order valence-electron chi connectivity index (χ1n) is 6.24. The van der Waals surface area contributed by atoms with Gasteiger partial charge in [0.2, 0.25) is 17.8 Å². The summed E-state index contributed by atoms with van der Waals surface area (Å²) in [5.74, 6) is 1.16. The van der Waals surface area contributed by atoms with Crippen LogP contribution in [0.1, 0.15) is 12.5 Å². The van der Waals surface area contributed by atoms with Gasteiger partial charge in [-0.3, -0.25) is 0 Å². The summed E-state index contributed by atoms with van der Waals surface area (Å²) in [7, 11) is 3.71. The smallest absolute Gasteiger partial charge is 0.233 e. The van der Waals surface area contributed by atoms with Crippen LogP contribution in [0.2, 0.25) is 0 Å². The predicted molar refractivity (Wildman–Crippen MR) is 85.4 cm³/mol. The molecule has 3 N–H and O–H groups in total. The minimum absolute atomic E-state index is 0.196. The van der Waals surface area contributed by atoms with Gasteiger partial charge in [0.1, 0.15) is 0 Å². The van der Waals surface area contributed by atoms with Crippen molar-refractivity contribution in [3.63, 3.8) is 0 Å². The van der Waals surface area contributed by atoms with Crippen molar-refractivity contribution in [3.05, 3.63) is 28.2 Å². The minimum Gasteiger partial charge on any atom is -0.368 e.